The van der Waals surface area contributed by atoms with Gasteiger partial charge in [0.05, 0.1) is 17.2 Å². The van der Waals surface area contributed by atoms with E-state index in [0.717, 1.165) is 47.1 Å². The first-order valence-electron chi connectivity index (χ1n) is 9.20. The highest BCUT2D eigenvalue weighted by Gasteiger charge is 2.57. The smallest absolute Gasteiger partial charge is 0.319 e. The monoisotopic (exact) mass is 385 g/mol. The number of piperidine rings is 1. The van der Waals surface area contributed by atoms with Gasteiger partial charge in [0, 0.05) is 22.8 Å². The highest BCUT2D eigenvalue weighted by molar-refractivity contribution is 7.11. The maximum atomic E-state index is 13.6. The van der Waals surface area contributed by atoms with Crippen LogP contribution in [-0.2, 0) is 16.9 Å². The van der Waals surface area contributed by atoms with Crippen molar-refractivity contribution in [2.24, 2.45) is 5.92 Å². The number of amides is 3. The summed E-state index contributed by atoms with van der Waals surface area (Å²) in [4.78, 5) is 37.4. The van der Waals surface area contributed by atoms with Crippen LogP contribution in [-0.4, -0.2) is 39.9 Å². The molecule has 2 fully saturated rings. The number of carbonyl (C=O) groups excluding carboxylic acids is 2. The van der Waals surface area contributed by atoms with Crippen LogP contribution in [0.25, 0.3) is 0 Å². The summed E-state index contributed by atoms with van der Waals surface area (Å²) in [6, 6.07) is 3.36. The Bertz CT molecular complexity index is 862. The van der Waals surface area contributed by atoms with Crippen LogP contribution >= 0.6 is 11.3 Å². The largest absolute Gasteiger partial charge is 0.325 e. The first kappa shape index (κ1) is 18.1. The van der Waals surface area contributed by atoms with E-state index >= 15 is 0 Å². The molecule has 2 N–H and O–H groups in total. The van der Waals surface area contributed by atoms with E-state index in [4.69, 9.17) is 0 Å². The van der Waals surface area contributed by atoms with Gasteiger partial charge < -0.3 is 10.6 Å². The second-order valence-corrected chi connectivity index (χ2v) is 8.42. The Morgan fingerprint density at radius 1 is 1.30 bits per heavy atom. The zero-order valence-electron chi connectivity index (χ0n) is 15.5. The van der Waals surface area contributed by atoms with Crippen molar-refractivity contribution in [2.75, 3.05) is 13.1 Å². The summed E-state index contributed by atoms with van der Waals surface area (Å²) >= 11 is 1.53. The summed E-state index contributed by atoms with van der Waals surface area (Å²) in [5.41, 5.74) is 0.593. The van der Waals surface area contributed by atoms with Crippen LogP contribution in [0.3, 0.4) is 0 Å². The fraction of sp³-hybridized carbons (Fsp3) is 0.474. The van der Waals surface area contributed by atoms with Crippen LogP contribution in [0.1, 0.15) is 34.0 Å². The number of hydrogen-bond donors (Lipinski definition) is 2. The van der Waals surface area contributed by atoms with Crippen molar-refractivity contribution in [2.45, 2.75) is 38.8 Å². The summed E-state index contributed by atoms with van der Waals surface area (Å²) in [5.74, 6) is -0.147. The third-order valence-electron chi connectivity index (χ3n) is 5.50. The van der Waals surface area contributed by atoms with Crippen LogP contribution < -0.4 is 10.6 Å². The number of thiazole rings is 1. The predicted octanol–water partition coefficient (Wildman–Crippen LogP) is 2.10. The van der Waals surface area contributed by atoms with Gasteiger partial charge in [0.15, 0.2) is 5.54 Å². The molecule has 4 heterocycles. The van der Waals surface area contributed by atoms with Gasteiger partial charge in [0.2, 0.25) is 0 Å². The number of rotatable bonds is 4. The Hall–Kier alpha value is -2.32. The number of pyridine rings is 1. The molecule has 1 unspecified atom stereocenters. The minimum absolute atomic E-state index is 0.0358. The maximum Gasteiger partial charge on any atom is 0.325 e. The standard InChI is InChI=1S/C19H23N5O2S/c1-12-16(27-13(2)22-12)11-24-17(25)19(23-18(24)26,14-5-8-20-9-6-14)15-4-3-7-21-10-15/h3-4,7,10,14,20H,5-6,8-9,11H2,1-2H3,(H,23,26). The molecule has 8 heteroatoms. The molecule has 7 nitrogen and oxygen atoms in total. The zero-order chi connectivity index (χ0) is 19.0. The molecule has 2 saturated heterocycles. The molecule has 1 atom stereocenters. The molecular weight excluding hydrogens is 362 g/mol. The number of imide groups is 1. The summed E-state index contributed by atoms with van der Waals surface area (Å²) in [6.07, 6.45) is 5.04. The van der Waals surface area contributed by atoms with E-state index < -0.39 is 5.54 Å². The highest BCUT2D eigenvalue weighted by atomic mass is 32.1. The number of nitrogens with zero attached hydrogens (tertiary/aromatic N) is 3. The van der Waals surface area contributed by atoms with E-state index in [9.17, 15) is 9.59 Å². The fourth-order valence-corrected chi connectivity index (χ4v) is 5.09. The van der Waals surface area contributed by atoms with Gasteiger partial charge in [-0.3, -0.25) is 14.7 Å². The van der Waals surface area contributed by atoms with Crippen LogP contribution in [0.15, 0.2) is 24.5 Å². The Balaban J connectivity index is 1.72. The first-order valence-corrected chi connectivity index (χ1v) is 10.0. The molecule has 27 heavy (non-hydrogen) atoms. The summed E-state index contributed by atoms with van der Waals surface area (Å²) in [7, 11) is 0. The van der Waals surface area contributed by atoms with Gasteiger partial charge in [0.25, 0.3) is 5.91 Å². The molecule has 2 aliphatic heterocycles. The van der Waals surface area contributed by atoms with Crippen molar-refractivity contribution in [1.29, 1.82) is 0 Å². The molecule has 3 amide bonds. The second kappa shape index (κ2) is 7.01. The SMILES string of the molecule is Cc1nc(C)c(CN2C(=O)NC(c3cccnc3)(C3CCNCC3)C2=O)s1. The average Bonchev–Trinajstić information content (AvgIpc) is 3.14. The Morgan fingerprint density at radius 3 is 2.70 bits per heavy atom. The summed E-state index contributed by atoms with van der Waals surface area (Å²) in [6.45, 7) is 5.78. The van der Waals surface area contributed by atoms with E-state index in [-0.39, 0.29) is 24.4 Å². The molecule has 142 valence electrons. The molecule has 2 aromatic heterocycles. The van der Waals surface area contributed by atoms with Crippen molar-refractivity contribution in [3.8, 4) is 0 Å². The number of aryl methyl sites for hydroxylation is 2. The van der Waals surface area contributed by atoms with Crippen LogP contribution in [0, 0.1) is 19.8 Å². The van der Waals surface area contributed by atoms with Crippen LogP contribution in [0.2, 0.25) is 0 Å². The van der Waals surface area contributed by atoms with Crippen LogP contribution in [0.4, 0.5) is 4.79 Å². The van der Waals surface area contributed by atoms with Gasteiger partial charge in [-0.05, 0) is 51.8 Å². The molecular formula is C19H23N5O2S. The number of hydrogen-bond acceptors (Lipinski definition) is 6. The average molecular weight is 385 g/mol. The molecule has 2 aliphatic rings. The van der Waals surface area contributed by atoms with E-state index in [1.165, 1.54) is 16.2 Å². The number of urea groups is 1. The Morgan fingerprint density at radius 2 is 2.07 bits per heavy atom. The predicted molar refractivity (Wildman–Crippen MR) is 102 cm³/mol. The minimum Gasteiger partial charge on any atom is -0.319 e. The van der Waals surface area contributed by atoms with Crippen molar-refractivity contribution >= 4 is 23.3 Å². The van der Waals surface area contributed by atoms with Gasteiger partial charge in [-0.15, -0.1) is 11.3 Å². The lowest BCUT2D eigenvalue weighted by molar-refractivity contribution is -0.134. The van der Waals surface area contributed by atoms with Gasteiger partial charge in [-0.1, -0.05) is 6.07 Å². The lowest BCUT2D eigenvalue weighted by Crippen LogP contribution is -2.53. The molecule has 0 saturated carbocycles. The molecule has 2 aromatic rings. The van der Waals surface area contributed by atoms with Crippen LogP contribution in [0.5, 0.6) is 0 Å². The molecule has 4 rings (SSSR count). The highest BCUT2D eigenvalue weighted by Crippen LogP contribution is 2.41. The van der Waals surface area contributed by atoms with E-state index in [1.807, 2.05) is 26.0 Å². The summed E-state index contributed by atoms with van der Waals surface area (Å²) in [5, 5.41) is 7.32. The van der Waals surface area contributed by atoms with E-state index in [2.05, 4.69) is 20.6 Å². The maximum absolute atomic E-state index is 13.6. The van der Waals surface area contributed by atoms with Crippen molar-refractivity contribution < 1.29 is 9.59 Å². The molecule has 0 aliphatic carbocycles. The van der Waals surface area contributed by atoms with E-state index in [1.54, 1.807) is 12.4 Å². The summed E-state index contributed by atoms with van der Waals surface area (Å²) < 4.78 is 0. The number of nitrogens with one attached hydrogen (secondary N) is 2. The molecule has 0 bridgehead atoms. The lowest BCUT2D eigenvalue weighted by atomic mass is 9.74. The quantitative estimate of drug-likeness (QED) is 0.787. The Labute approximate surface area is 162 Å². The fourth-order valence-electron chi connectivity index (χ4n) is 4.16. The van der Waals surface area contributed by atoms with Crippen molar-refractivity contribution in [3.05, 3.63) is 45.7 Å². The zero-order valence-corrected chi connectivity index (χ0v) is 16.3. The normalized spacial score (nSPS) is 23.7. The second-order valence-electron chi connectivity index (χ2n) is 7.14. The number of carbonyl (C=O) groups is 2. The van der Waals surface area contributed by atoms with Gasteiger partial charge >= 0.3 is 6.03 Å². The Kier molecular flexibility index (Phi) is 4.69. The lowest BCUT2D eigenvalue weighted by Gasteiger charge is -2.37. The van der Waals surface area contributed by atoms with Gasteiger partial charge in [-0.25, -0.2) is 9.78 Å². The molecule has 0 spiro atoms. The molecule has 0 radical (unpaired) electrons. The van der Waals surface area contributed by atoms with Crippen molar-refractivity contribution in [1.82, 2.24) is 25.5 Å². The minimum atomic E-state index is -1.04. The van der Waals surface area contributed by atoms with Gasteiger partial charge in [-0.2, -0.15) is 0 Å². The van der Waals surface area contributed by atoms with Gasteiger partial charge in [0.1, 0.15) is 0 Å². The van der Waals surface area contributed by atoms with Crippen molar-refractivity contribution in [3.63, 3.8) is 0 Å². The topological polar surface area (TPSA) is 87.2 Å². The third kappa shape index (κ3) is 3.02. The molecule has 0 aromatic carbocycles. The first-order chi connectivity index (χ1) is 13.0. The van der Waals surface area contributed by atoms with E-state index in [0.29, 0.717) is 0 Å². The number of aromatic nitrogens is 2. The third-order valence-corrected chi connectivity index (χ3v) is 6.56.